The number of nitrogens with zero attached hydrogens (tertiary/aromatic N) is 4. The molecule has 1 aliphatic heterocycles. The molecule has 3 aliphatic rings. The number of methoxy groups -OCH3 is 1. The Kier molecular flexibility index (Phi) is 7.15. The maximum Gasteiger partial charge on any atom is 0.225 e. The monoisotopic (exact) mass is 488 g/mol. The standard InChI is InChI=1S/C29H36N4O3/c1-19-17-32(13-14-33(19)26(34)12-15-35-3)29-25(16-30)20(2)27(28(31-29)23-6-7-23)22-8-10-24(11-9-22)36-18-21-4-5-21/h8-11,19,21,23H,4-7,12-15,17-18H2,1-3H3/t19-/m1/s1. The van der Waals surface area contributed by atoms with Gasteiger partial charge in [0.2, 0.25) is 5.91 Å². The maximum atomic E-state index is 12.6. The van der Waals surface area contributed by atoms with E-state index in [2.05, 4.69) is 36.9 Å². The summed E-state index contributed by atoms with van der Waals surface area (Å²) < 4.78 is 11.0. The second-order valence-corrected chi connectivity index (χ2v) is 10.5. The summed E-state index contributed by atoms with van der Waals surface area (Å²) in [6, 6.07) is 10.8. The molecule has 0 spiro atoms. The quantitative estimate of drug-likeness (QED) is 0.511. The first-order valence-corrected chi connectivity index (χ1v) is 13.2. The van der Waals surface area contributed by atoms with Crippen LogP contribution in [0.2, 0.25) is 0 Å². The van der Waals surface area contributed by atoms with E-state index in [9.17, 15) is 10.1 Å². The van der Waals surface area contributed by atoms with Crippen molar-refractivity contribution >= 4 is 11.7 Å². The summed E-state index contributed by atoms with van der Waals surface area (Å²) >= 11 is 0. The molecule has 1 aromatic heterocycles. The second-order valence-electron chi connectivity index (χ2n) is 10.5. The van der Waals surface area contributed by atoms with Crippen molar-refractivity contribution in [2.75, 3.05) is 44.9 Å². The van der Waals surface area contributed by atoms with Gasteiger partial charge in [-0.2, -0.15) is 5.26 Å². The van der Waals surface area contributed by atoms with Gasteiger partial charge in [0, 0.05) is 44.3 Å². The number of anilines is 1. The van der Waals surface area contributed by atoms with Crippen LogP contribution in [0.3, 0.4) is 0 Å². The molecule has 5 rings (SSSR count). The van der Waals surface area contributed by atoms with Crippen LogP contribution in [0.5, 0.6) is 5.75 Å². The lowest BCUT2D eigenvalue weighted by molar-refractivity contribution is -0.134. The minimum atomic E-state index is 0.0454. The van der Waals surface area contributed by atoms with E-state index in [0.29, 0.717) is 44.1 Å². The number of piperazine rings is 1. The molecule has 36 heavy (non-hydrogen) atoms. The molecule has 2 aromatic rings. The van der Waals surface area contributed by atoms with Crippen molar-refractivity contribution in [3.05, 3.63) is 41.1 Å². The van der Waals surface area contributed by atoms with Crippen LogP contribution in [0, 0.1) is 24.2 Å². The third-order valence-corrected chi connectivity index (χ3v) is 7.62. The van der Waals surface area contributed by atoms with Crippen molar-refractivity contribution in [1.29, 1.82) is 5.26 Å². The van der Waals surface area contributed by atoms with Gasteiger partial charge in [0.1, 0.15) is 17.6 Å². The minimum Gasteiger partial charge on any atom is -0.493 e. The average molecular weight is 489 g/mol. The lowest BCUT2D eigenvalue weighted by Crippen LogP contribution is -2.54. The number of amides is 1. The summed E-state index contributed by atoms with van der Waals surface area (Å²) in [6.45, 7) is 7.31. The fraction of sp³-hybridized carbons (Fsp3) is 0.552. The molecular formula is C29H36N4O3. The third kappa shape index (κ3) is 5.19. The molecule has 1 atom stereocenters. The summed E-state index contributed by atoms with van der Waals surface area (Å²) in [5, 5.41) is 10.2. The number of pyridine rings is 1. The SMILES string of the molecule is COCCC(=O)N1CCN(c2nc(C3CC3)c(-c3ccc(OCC4CC4)cc3)c(C)c2C#N)C[C@H]1C. The lowest BCUT2D eigenvalue weighted by Gasteiger charge is -2.41. The highest BCUT2D eigenvalue weighted by molar-refractivity contribution is 5.79. The zero-order chi connectivity index (χ0) is 25.2. The molecular weight excluding hydrogens is 452 g/mol. The number of ether oxygens (including phenoxy) is 2. The summed E-state index contributed by atoms with van der Waals surface area (Å²) in [7, 11) is 1.62. The van der Waals surface area contributed by atoms with Gasteiger partial charge in [0.15, 0.2) is 0 Å². The number of hydrogen-bond acceptors (Lipinski definition) is 6. The summed E-state index contributed by atoms with van der Waals surface area (Å²) in [4.78, 5) is 21.9. The molecule has 1 aromatic carbocycles. The van der Waals surface area contributed by atoms with Crippen molar-refractivity contribution in [2.24, 2.45) is 5.92 Å². The van der Waals surface area contributed by atoms with Crippen LogP contribution in [0.15, 0.2) is 24.3 Å². The minimum absolute atomic E-state index is 0.0454. The van der Waals surface area contributed by atoms with Gasteiger partial charge in [-0.05, 0) is 68.7 Å². The van der Waals surface area contributed by atoms with Gasteiger partial charge < -0.3 is 19.3 Å². The van der Waals surface area contributed by atoms with Gasteiger partial charge in [-0.25, -0.2) is 4.98 Å². The van der Waals surface area contributed by atoms with Gasteiger partial charge in [0.25, 0.3) is 0 Å². The first-order chi connectivity index (χ1) is 17.5. The Morgan fingerprint density at radius 3 is 2.53 bits per heavy atom. The molecule has 1 saturated heterocycles. The van der Waals surface area contributed by atoms with Gasteiger partial charge >= 0.3 is 0 Å². The van der Waals surface area contributed by atoms with Crippen LogP contribution >= 0.6 is 0 Å². The molecule has 7 nitrogen and oxygen atoms in total. The second kappa shape index (κ2) is 10.5. The zero-order valence-corrected chi connectivity index (χ0v) is 21.6. The van der Waals surface area contributed by atoms with Gasteiger partial charge in [-0.3, -0.25) is 4.79 Å². The number of carbonyl (C=O) groups excluding carboxylic acids is 1. The highest BCUT2D eigenvalue weighted by atomic mass is 16.5. The number of aromatic nitrogens is 1. The van der Waals surface area contributed by atoms with Crippen LogP contribution in [0.25, 0.3) is 11.1 Å². The largest absolute Gasteiger partial charge is 0.493 e. The van der Waals surface area contributed by atoms with E-state index in [-0.39, 0.29) is 11.9 Å². The van der Waals surface area contributed by atoms with E-state index >= 15 is 0 Å². The fourth-order valence-corrected chi connectivity index (χ4v) is 5.16. The van der Waals surface area contributed by atoms with Crippen LogP contribution in [-0.2, 0) is 9.53 Å². The highest BCUT2D eigenvalue weighted by Gasteiger charge is 2.34. The first kappa shape index (κ1) is 24.6. The molecule has 3 fully saturated rings. The van der Waals surface area contributed by atoms with Crippen molar-refractivity contribution in [3.63, 3.8) is 0 Å². The molecule has 2 saturated carbocycles. The predicted octanol–water partition coefficient (Wildman–Crippen LogP) is 4.67. The Hall–Kier alpha value is -3.11. The molecule has 2 aliphatic carbocycles. The molecule has 1 amide bonds. The first-order valence-electron chi connectivity index (χ1n) is 13.2. The van der Waals surface area contributed by atoms with E-state index < -0.39 is 0 Å². The van der Waals surface area contributed by atoms with Gasteiger partial charge in [-0.1, -0.05) is 12.1 Å². The number of rotatable bonds is 9. The summed E-state index contributed by atoms with van der Waals surface area (Å²) in [6.07, 6.45) is 5.20. The van der Waals surface area contributed by atoms with Crippen molar-refractivity contribution < 1.29 is 14.3 Å². The van der Waals surface area contributed by atoms with E-state index in [1.165, 1.54) is 12.8 Å². The Balaban J connectivity index is 1.41. The van der Waals surface area contributed by atoms with E-state index in [4.69, 9.17) is 14.5 Å². The Labute approximate surface area is 214 Å². The van der Waals surface area contributed by atoms with E-state index in [0.717, 1.165) is 59.3 Å². The molecule has 0 unspecified atom stereocenters. The predicted molar refractivity (Wildman–Crippen MR) is 139 cm³/mol. The van der Waals surface area contributed by atoms with Crippen molar-refractivity contribution in [1.82, 2.24) is 9.88 Å². The van der Waals surface area contributed by atoms with Crippen molar-refractivity contribution in [2.45, 2.75) is 57.9 Å². The Bertz CT molecular complexity index is 1150. The molecule has 190 valence electrons. The zero-order valence-electron chi connectivity index (χ0n) is 21.6. The number of benzene rings is 1. The molecule has 7 heteroatoms. The topological polar surface area (TPSA) is 78.7 Å². The fourth-order valence-electron chi connectivity index (χ4n) is 5.16. The molecule has 0 N–H and O–H groups in total. The molecule has 0 bridgehead atoms. The van der Waals surface area contributed by atoms with Gasteiger partial charge in [0.05, 0.1) is 30.9 Å². The normalized spacial score (nSPS) is 19.8. The summed E-state index contributed by atoms with van der Waals surface area (Å²) in [5.74, 6) is 2.93. The van der Waals surface area contributed by atoms with Crippen LogP contribution in [0.1, 0.15) is 61.8 Å². The molecule has 0 radical (unpaired) electrons. The number of hydrogen-bond donors (Lipinski definition) is 0. The third-order valence-electron chi connectivity index (χ3n) is 7.62. The average Bonchev–Trinajstić information content (AvgIpc) is 3.80. The van der Waals surface area contributed by atoms with Crippen LogP contribution < -0.4 is 9.64 Å². The van der Waals surface area contributed by atoms with Gasteiger partial charge in [-0.15, -0.1) is 0 Å². The number of carbonyl (C=O) groups is 1. The van der Waals surface area contributed by atoms with Crippen LogP contribution in [0.4, 0.5) is 5.82 Å². The van der Waals surface area contributed by atoms with E-state index in [1.807, 2.05) is 17.0 Å². The molecule has 2 heterocycles. The number of nitriles is 1. The lowest BCUT2D eigenvalue weighted by atomic mass is 9.93. The van der Waals surface area contributed by atoms with E-state index in [1.54, 1.807) is 7.11 Å². The Morgan fingerprint density at radius 1 is 1.17 bits per heavy atom. The maximum absolute atomic E-state index is 12.6. The Morgan fingerprint density at radius 2 is 1.92 bits per heavy atom. The van der Waals surface area contributed by atoms with Crippen LogP contribution in [-0.4, -0.2) is 61.8 Å². The van der Waals surface area contributed by atoms with Crippen molar-refractivity contribution in [3.8, 4) is 22.9 Å². The highest BCUT2D eigenvalue weighted by Crippen LogP contribution is 2.46. The smallest absolute Gasteiger partial charge is 0.225 e. The summed E-state index contributed by atoms with van der Waals surface area (Å²) in [5.41, 5.74) is 4.90.